The van der Waals surface area contributed by atoms with Crippen molar-refractivity contribution >= 4 is 28.3 Å². The van der Waals surface area contributed by atoms with Gasteiger partial charge in [0.2, 0.25) is 0 Å². The van der Waals surface area contributed by atoms with Crippen LogP contribution in [0.3, 0.4) is 0 Å². The first-order valence-electron chi connectivity index (χ1n) is 12.0. The molecule has 0 radical (unpaired) electrons. The lowest BCUT2D eigenvalue weighted by Crippen LogP contribution is -2.30. The van der Waals surface area contributed by atoms with Crippen molar-refractivity contribution in [1.82, 2.24) is 0 Å². The lowest BCUT2D eigenvalue weighted by atomic mass is 9.80. The fourth-order valence-electron chi connectivity index (χ4n) is 5.65. The molecule has 0 bridgehead atoms. The number of carbonyl (C=O) groups is 1. The van der Waals surface area contributed by atoms with Gasteiger partial charge in [0, 0.05) is 23.9 Å². The molecule has 0 aromatic heterocycles. The highest BCUT2D eigenvalue weighted by atomic mass is 32.2. The van der Waals surface area contributed by atoms with E-state index in [1.54, 1.807) is 16.6 Å². The van der Waals surface area contributed by atoms with Gasteiger partial charge in [0.05, 0.1) is 31.5 Å². The van der Waals surface area contributed by atoms with Crippen LogP contribution in [0.5, 0.6) is 11.5 Å². The number of halogens is 1. The molecule has 5 rings (SSSR count). The zero-order chi connectivity index (χ0) is 26.6. The molecule has 2 heterocycles. The van der Waals surface area contributed by atoms with Crippen LogP contribution in [0.25, 0.3) is 22.3 Å². The van der Waals surface area contributed by atoms with Crippen LogP contribution in [0.15, 0.2) is 24.3 Å². The fraction of sp³-hybridized carbons (Fsp3) is 0.321. The molecule has 0 saturated carbocycles. The number of nitrogens with zero attached hydrogens (tertiary/aromatic N) is 1. The summed E-state index contributed by atoms with van der Waals surface area (Å²) in [5, 5.41) is 13.3. The lowest BCUT2D eigenvalue weighted by molar-refractivity contribution is -0.136. The minimum absolute atomic E-state index is 0.0831. The van der Waals surface area contributed by atoms with Gasteiger partial charge in [-0.2, -0.15) is 0 Å². The Morgan fingerprint density at radius 3 is 2.54 bits per heavy atom. The molecule has 1 atom stereocenters. The number of carboxylic acids is 1. The third-order valence-electron chi connectivity index (χ3n) is 7.34. The number of aliphatic carboxylic acids is 1. The Balaban J connectivity index is 1.90. The molecule has 1 unspecified atom stereocenters. The smallest absolute Gasteiger partial charge is 0.307 e. The van der Waals surface area contributed by atoms with Gasteiger partial charge in [0.1, 0.15) is 23.3 Å². The summed E-state index contributed by atoms with van der Waals surface area (Å²) < 4.78 is 41.1. The maximum Gasteiger partial charge on any atom is 0.307 e. The summed E-state index contributed by atoms with van der Waals surface area (Å²) in [6, 6.07) is 7.28. The van der Waals surface area contributed by atoms with E-state index in [1.165, 1.54) is 7.11 Å². The lowest BCUT2D eigenvalue weighted by Gasteiger charge is -2.36. The van der Waals surface area contributed by atoms with E-state index in [2.05, 4.69) is 5.32 Å². The predicted octanol–water partition coefficient (Wildman–Crippen LogP) is 5.14. The van der Waals surface area contributed by atoms with Gasteiger partial charge in [-0.1, -0.05) is 12.1 Å². The van der Waals surface area contributed by atoms with Gasteiger partial charge in [-0.05, 0) is 71.8 Å². The van der Waals surface area contributed by atoms with Crippen LogP contribution in [0, 0.1) is 26.6 Å². The van der Waals surface area contributed by atoms with E-state index in [0.29, 0.717) is 35.5 Å². The summed E-state index contributed by atoms with van der Waals surface area (Å²) in [6.45, 7) is 7.10. The highest BCUT2D eigenvalue weighted by molar-refractivity contribution is 7.85. The molecule has 0 aliphatic carbocycles. The van der Waals surface area contributed by atoms with Gasteiger partial charge in [-0.3, -0.25) is 9.10 Å². The Hall–Kier alpha value is -3.59. The number of carboxylic acid groups (broad SMARTS) is 1. The zero-order valence-electron chi connectivity index (χ0n) is 21.5. The van der Waals surface area contributed by atoms with E-state index in [-0.39, 0.29) is 18.7 Å². The van der Waals surface area contributed by atoms with E-state index in [0.717, 1.165) is 44.8 Å². The largest absolute Gasteiger partial charge is 0.494 e. The average Bonchev–Trinajstić information content (AvgIpc) is 2.87. The molecule has 2 N–H and O–H groups in total. The molecule has 194 valence electrons. The number of ether oxygens (including phenoxy) is 2. The van der Waals surface area contributed by atoms with Crippen molar-refractivity contribution in [3.8, 4) is 33.8 Å². The molecule has 37 heavy (non-hydrogen) atoms. The minimum atomic E-state index is -1.48. The average molecular weight is 525 g/mol. The Morgan fingerprint density at radius 2 is 1.86 bits per heavy atom. The molecular weight excluding hydrogens is 495 g/mol. The Bertz CT molecular complexity index is 1490. The molecular formula is C28H29FN2O5S. The van der Waals surface area contributed by atoms with Gasteiger partial charge >= 0.3 is 5.97 Å². The highest BCUT2D eigenvalue weighted by Gasteiger charge is 2.34. The van der Waals surface area contributed by atoms with Gasteiger partial charge < -0.3 is 19.9 Å². The normalized spacial score (nSPS) is 14.6. The van der Waals surface area contributed by atoms with Crippen molar-refractivity contribution in [3.63, 3.8) is 0 Å². The third-order valence-corrected chi connectivity index (χ3v) is 8.27. The zero-order valence-corrected chi connectivity index (χ0v) is 22.3. The van der Waals surface area contributed by atoms with E-state index >= 15 is 4.39 Å². The van der Waals surface area contributed by atoms with E-state index in [9.17, 15) is 14.1 Å². The molecule has 7 nitrogen and oxygen atoms in total. The Kier molecular flexibility index (Phi) is 6.35. The van der Waals surface area contributed by atoms with Crippen molar-refractivity contribution < 1.29 is 28.0 Å². The summed E-state index contributed by atoms with van der Waals surface area (Å²) in [7, 11) is -0.0662. The van der Waals surface area contributed by atoms with Crippen molar-refractivity contribution in [3.05, 3.63) is 57.9 Å². The summed E-state index contributed by atoms with van der Waals surface area (Å²) in [5.41, 5.74) is 8.18. The quantitative estimate of drug-likeness (QED) is 0.481. The molecule has 3 aromatic rings. The number of hydrogen-bond acceptors (Lipinski definition) is 5. The van der Waals surface area contributed by atoms with E-state index in [4.69, 9.17) is 9.47 Å². The fourth-order valence-corrected chi connectivity index (χ4v) is 6.44. The van der Waals surface area contributed by atoms with Crippen molar-refractivity contribution in [1.29, 1.82) is 0 Å². The number of rotatable bonds is 5. The minimum Gasteiger partial charge on any atom is -0.494 e. The van der Waals surface area contributed by atoms with E-state index < -0.39 is 22.8 Å². The molecule has 0 spiro atoms. The second-order valence-electron chi connectivity index (χ2n) is 9.35. The van der Waals surface area contributed by atoms with Crippen LogP contribution >= 0.6 is 0 Å². The maximum atomic E-state index is 15.5. The highest BCUT2D eigenvalue weighted by Crippen LogP contribution is 2.51. The molecule has 2 aliphatic heterocycles. The number of nitrogens with one attached hydrogen (secondary N) is 1. The molecule has 0 amide bonds. The number of benzene rings is 3. The summed E-state index contributed by atoms with van der Waals surface area (Å²) in [4.78, 5) is 12.1. The monoisotopic (exact) mass is 524 g/mol. The first kappa shape index (κ1) is 25.1. The number of fused-ring (bicyclic) bond motifs is 4. The SMILES string of the molecule is COc1ccc2c(c1F)CN(S(C)=O)c1c(C)c(CC(=O)O)c(-c3ccc4c(c3C)NCCO4)c(C)c1-2. The number of methoxy groups -OCH3 is 1. The van der Waals surface area contributed by atoms with Crippen LogP contribution in [0.2, 0.25) is 0 Å². The Labute approximate surface area is 217 Å². The number of anilines is 2. The summed E-state index contributed by atoms with van der Waals surface area (Å²) in [5.74, 6) is -0.568. The van der Waals surface area contributed by atoms with E-state index in [1.807, 2.05) is 39.0 Å². The maximum absolute atomic E-state index is 15.5. The standard InChI is InChI=1S/C28H29FN2O5S/c1-14-17(6-9-22-27(14)30-10-11-36-22)24-16(3)25-18-7-8-21(35-4)26(29)20(18)13-31(37(5)34)28(25)15(2)19(24)12-23(32)33/h6-9,30H,10-13H2,1-5H3,(H,32,33). The van der Waals surface area contributed by atoms with Crippen molar-refractivity contribution in [2.75, 3.05) is 36.1 Å². The van der Waals surface area contributed by atoms with Gasteiger partial charge in [0.25, 0.3) is 0 Å². The van der Waals surface area contributed by atoms with Crippen LogP contribution in [-0.4, -0.2) is 41.8 Å². The van der Waals surface area contributed by atoms with Crippen LogP contribution < -0.4 is 19.1 Å². The first-order chi connectivity index (χ1) is 17.6. The van der Waals surface area contributed by atoms with Crippen LogP contribution in [0.1, 0.15) is 27.8 Å². The van der Waals surface area contributed by atoms with Gasteiger partial charge in [-0.15, -0.1) is 0 Å². The van der Waals surface area contributed by atoms with Crippen molar-refractivity contribution in [2.24, 2.45) is 0 Å². The van der Waals surface area contributed by atoms with Crippen LogP contribution in [-0.2, 0) is 28.7 Å². The van der Waals surface area contributed by atoms with Gasteiger partial charge in [-0.25, -0.2) is 8.60 Å². The number of hydrogen-bond donors (Lipinski definition) is 2. The molecule has 0 fully saturated rings. The second kappa shape index (κ2) is 9.37. The van der Waals surface area contributed by atoms with Gasteiger partial charge in [0.15, 0.2) is 11.6 Å². The summed E-state index contributed by atoms with van der Waals surface area (Å²) in [6.07, 6.45) is 1.34. The molecule has 9 heteroatoms. The molecule has 2 aliphatic rings. The van der Waals surface area contributed by atoms with Crippen LogP contribution in [0.4, 0.5) is 15.8 Å². The van der Waals surface area contributed by atoms with Crippen molar-refractivity contribution in [2.45, 2.75) is 33.7 Å². The molecule has 0 saturated heterocycles. The Morgan fingerprint density at radius 1 is 1.14 bits per heavy atom. The molecule has 3 aromatic carbocycles. The third kappa shape index (κ3) is 3.92. The predicted molar refractivity (Wildman–Crippen MR) is 144 cm³/mol. The first-order valence-corrected chi connectivity index (χ1v) is 13.5. The second-order valence-corrected chi connectivity index (χ2v) is 10.6. The topological polar surface area (TPSA) is 88.1 Å². The summed E-state index contributed by atoms with van der Waals surface area (Å²) >= 11 is 0.